The molecular weight excluding hydrogens is 436 g/mol. The van der Waals surface area contributed by atoms with Gasteiger partial charge in [0.1, 0.15) is 0 Å². The predicted molar refractivity (Wildman–Crippen MR) is 50.9 cm³/mol. The molecule has 1 heterocycles. The Balaban J connectivity index is 0.00000625. The van der Waals surface area contributed by atoms with Crippen LogP contribution in [0.4, 0.5) is 57.2 Å². The Morgan fingerprint density at radius 1 is 0.808 bits per heavy atom. The van der Waals surface area contributed by atoms with Crippen molar-refractivity contribution in [3.63, 3.8) is 0 Å². The number of hydrogen-bond acceptors (Lipinski definition) is 5. The van der Waals surface area contributed by atoms with Gasteiger partial charge < -0.3 is 0 Å². The zero-order valence-corrected chi connectivity index (χ0v) is 11.2. The Morgan fingerprint density at radius 2 is 1.12 bits per heavy atom. The molecule has 1 saturated heterocycles. The van der Waals surface area contributed by atoms with Crippen LogP contribution in [-0.2, 0) is 19.2 Å². The van der Waals surface area contributed by atoms with Gasteiger partial charge in [-0.15, -0.1) is 0 Å². The molecule has 1 aliphatic heterocycles. The first-order chi connectivity index (χ1) is 10.6. The van der Waals surface area contributed by atoms with Crippen molar-refractivity contribution < 1.29 is 74.8 Å². The molecule has 0 bridgehead atoms. The molecule has 0 aromatic carbocycles. The normalized spacial score (nSPS) is 25.4. The van der Waals surface area contributed by atoms with Crippen LogP contribution in [0, 0.1) is 0 Å². The summed E-state index contributed by atoms with van der Waals surface area (Å²) in [5.74, 6) is 0. The van der Waals surface area contributed by atoms with Crippen LogP contribution in [0.25, 0.3) is 0 Å². The van der Waals surface area contributed by atoms with Crippen molar-refractivity contribution in [2.45, 2.75) is 35.6 Å². The number of hydrogen-bond donors (Lipinski definition) is 0. The second kappa shape index (κ2) is 6.27. The molecule has 20 heteroatoms. The average molecular weight is 437 g/mol. The Bertz CT molecular complexity index is 625. The van der Waals surface area contributed by atoms with Crippen molar-refractivity contribution in [1.82, 2.24) is 4.90 Å². The third-order valence-corrected chi connectivity index (χ3v) is 3.59. The SMILES string of the molecule is O=S(=O)(OF)C(F)(F)C(F)(F)N1C(F)(F)C(F)(F)OC(F)(F)C1(F)F.[LiH]. The number of rotatable bonds is 4. The maximum absolute atomic E-state index is 13.3. The van der Waals surface area contributed by atoms with E-state index in [4.69, 9.17) is 0 Å². The van der Waals surface area contributed by atoms with Gasteiger partial charge in [0.05, 0.1) is 0 Å². The minimum atomic E-state index is -7.76. The van der Waals surface area contributed by atoms with Crippen LogP contribution in [-0.4, -0.2) is 67.8 Å². The average Bonchev–Trinajstić information content (AvgIpc) is 2.34. The maximum atomic E-state index is 13.3. The molecule has 0 spiro atoms. The summed E-state index contributed by atoms with van der Waals surface area (Å²) in [5.41, 5.74) is 0. The Kier molecular flexibility index (Phi) is 6.15. The Labute approximate surface area is 145 Å². The van der Waals surface area contributed by atoms with Gasteiger partial charge >= 0.3 is 64.6 Å². The van der Waals surface area contributed by atoms with Crippen molar-refractivity contribution in [3.05, 3.63) is 0 Å². The molecule has 1 rings (SSSR count). The van der Waals surface area contributed by atoms with Gasteiger partial charge in [-0.25, -0.2) is 4.74 Å². The van der Waals surface area contributed by atoms with E-state index in [0.717, 1.165) is 0 Å². The minimum absolute atomic E-state index is 0. The van der Waals surface area contributed by atoms with Crippen molar-refractivity contribution in [1.29, 1.82) is 0 Å². The first-order valence-electron chi connectivity index (χ1n) is 4.96. The predicted octanol–water partition coefficient (Wildman–Crippen LogP) is 2.46. The second-order valence-corrected chi connectivity index (χ2v) is 5.68. The summed E-state index contributed by atoms with van der Waals surface area (Å²) in [6.45, 7) is 0. The van der Waals surface area contributed by atoms with Crippen molar-refractivity contribution in [3.8, 4) is 0 Å². The first kappa shape index (κ1) is 25.5. The van der Waals surface area contributed by atoms with Crippen LogP contribution in [0.3, 0.4) is 0 Å². The van der Waals surface area contributed by atoms with E-state index in [2.05, 4.69) is 0 Å². The fourth-order valence-corrected chi connectivity index (χ4v) is 1.86. The van der Waals surface area contributed by atoms with Crippen molar-refractivity contribution >= 4 is 29.0 Å². The van der Waals surface area contributed by atoms with Crippen LogP contribution < -0.4 is 0 Å². The molecule has 26 heavy (non-hydrogen) atoms. The zero-order valence-electron chi connectivity index (χ0n) is 10.4. The molecule has 0 atom stereocenters. The quantitative estimate of drug-likeness (QED) is 0.385. The summed E-state index contributed by atoms with van der Waals surface area (Å²) < 4.78 is 191. The summed E-state index contributed by atoms with van der Waals surface area (Å²) >= 11 is 0. The van der Waals surface area contributed by atoms with E-state index in [0.29, 0.717) is 0 Å². The van der Waals surface area contributed by atoms with Crippen molar-refractivity contribution in [2.24, 2.45) is 0 Å². The number of nitrogens with zero attached hydrogens (tertiary/aromatic N) is 1. The van der Waals surface area contributed by atoms with Gasteiger partial charge in [0, 0.05) is 0 Å². The van der Waals surface area contributed by atoms with Gasteiger partial charge in [-0.2, -0.15) is 61.1 Å². The number of ether oxygens (including phenoxy) is 1. The molecule has 0 radical (unpaired) electrons. The first-order valence-corrected chi connectivity index (χ1v) is 6.36. The van der Waals surface area contributed by atoms with E-state index in [1.54, 1.807) is 4.74 Å². The number of morpholine rings is 1. The molecule has 0 unspecified atom stereocenters. The molecule has 0 aliphatic carbocycles. The second-order valence-electron chi connectivity index (χ2n) is 4.13. The Hall–Kier alpha value is -0.483. The zero-order chi connectivity index (χ0) is 20.5. The van der Waals surface area contributed by atoms with Gasteiger partial charge in [0.25, 0.3) is 0 Å². The fourth-order valence-electron chi connectivity index (χ4n) is 1.39. The number of alkyl halides is 12. The van der Waals surface area contributed by atoms with Crippen LogP contribution in [0.15, 0.2) is 0 Å². The molecular formula is C6HF13LiNO4S. The summed E-state index contributed by atoms with van der Waals surface area (Å²) in [7, 11) is -7.67. The van der Waals surface area contributed by atoms with Crippen LogP contribution in [0.1, 0.15) is 0 Å². The molecule has 0 aromatic rings. The summed E-state index contributed by atoms with van der Waals surface area (Å²) in [4.78, 5) is -4.09. The van der Waals surface area contributed by atoms with Crippen LogP contribution in [0.2, 0.25) is 0 Å². The molecule has 0 N–H and O–H groups in total. The molecule has 0 saturated carbocycles. The van der Waals surface area contributed by atoms with Gasteiger partial charge in [-0.1, -0.05) is 9.29 Å². The van der Waals surface area contributed by atoms with Gasteiger partial charge in [-0.3, -0.25) is 0 Å². The molecule has 1 aliphatic rings. The molecule has 5 nitrogen and oxygen atoms in total. The van der Waals surface area contributed by atoms with E-state index >= 15 is 0 Å². The van der Waals surface area contributed by atoms with Gasteiger partial charge in [0.2, 0.25) is 0 Å². The molecule has 1 fully saturated rings. The molecule has 152 valence electrons. The summed E-state index contributed by atoms with van der Waals surface area (Å²) in [6.07, 6.45) is -13.9. The van der Waals surface area contributed by atoms with E-state index in [9.17, 15) is 65.6 Å². The van der Waals surface area contributed by atoms with E-state index < -0.39 is 50.6 Å². The fraction of sp³-hybridized carbons (Fsp3) is 1.00. The molecule has 0 aromatic heterocycles. The monoisotopic (exact) mass is 437 g/mol. The van der Waals surface area contributed by atoms with E-state index in [1.807, 2.05) is 0 Å². The standard InChI is InChI=1S/C6F13NO4S.Li.H/c7-1(8)4(13,14)23-5(15,16)2(9,10)20(1)3(11,12)6(17,18)25(21,22)24-19;;. The third-order valence-electron chi connectivity index (χ3n) is 2.55. The third kappa shape index (κ3) is 3.05. The summed E-state index contributed by atoms with van der Waals surface area (Å²) in [6, 6.07) is -22.4. The van der Waals surface area contributed by atoms with Gasteiger partial charge in [0.15, 0.2) is 0 Å². The van der Waals surface area contributed by atoms with Crippen LogP contribution >= 0.6 is 0 Å². The van der Waals surface area contributed by atoms with E-state index in [-0.39, 0.29) is 18.9 Å². The summed E-state index contributed by atoms with van der Waals surface area (Å²) in [5, 5.41) is -7.47. The molecule has 0 amide bonds. The van der Waals surface area contributed by atoms with E-state index in [1.165, 1.54) is 4.39 Å². The van der Waals surface area contributed by atoms with Crippen molar-refractivity contribution in [2.75, 3.05) is 0 Å². The van der Waals surface area contributed by atoms with Crippen LogP contribution in [0.5, 0.6) is 0 Å². The number of halogens is 13. The topological polar surface area (TPSA) is 55.8 Å². The van der Waals surface area contributed by atoms with Gasteiger partial charge in [-0.05, 0) is 4.53 Å². The Morgan fingerprint density at radius 3 is 1.38 bits per heavy atom.